The number of hydrogen-bond acceptors (Lipinski definition) is 1. The zero-order valence-electron chi connectivity index (χ0n) is 10.1. The average Bonchev–Trinajstić information content (AvgIpc) is 2.26. The second-order valence-corrected chi connectivity index (χ2v) is 6.14. The van der Waals surface area contributed by atoms with Crippen molar-refractivity contribution in [1.82, 2.24) is 0 Å². The zero-order chi connectivity index (χ0) is 15.3. The molecule has 1 aromatic carbocycles. The van der Waals surface area contributed by atoms with Gasteiger partial charge in [-0.3, -0.25) is 0 Å². The summed E-state index contributed by atoms with van der Waals surface area (Å²) in [5.74, 6) is -2.88. The molecule has 19 heavy (non-hydrogen) atoms. The minimum Gasteiger partial charge on any atom is -0.418 e. The molecule has 10 heteroatoms. The van der Waals surface area contributed by atoms with Gasteiger partial charge < -0.3 is 17.3 Å². The Bertz CT molecular complexity index is 499. The van der Waals surface area contributed by atoms with Gasteiger partial charge in [0.05, 0.1) is 4.90 Å². The predicted molar refractivity (Wildman–Crippen MR) is 61.1 cm³/mol. The van der Waals surface area contributed by atoms with Crippen LogP contribution in [-0.2, 0) is 9.73 Å². The number of rotatable bonds is 2. The van der Waals surface area contributed by atoms with Gasteiger partial charge in [0.2, 0.25) is 9.73 Å². The molecule has 0 saturated heterocycles. The highest BCUT2D eigenvalue weighted by Crippen LogP contribution is 2.19. The molecule has 1 aromatic rings. The first kappa shape index (κ1) is 17.8. The predicted octanol–water partition coefficient (Wildman–Crippen LogP) is 3.31. The van der Waals surface area contributed by atoms with E-state index in [1.54, 1.807) is 18.2 Å². The molecule has 0 aliphatic heterocycles. The minimum absolute atomic E-state index is 0.167. The van der Waals surface area contributed by atoms with Crippen LogP contribution in [0.1, 0.15) is 0 Å². The van der Waals surface area contributed by atoms with E-state index in [4.69, 9.17) is 0 Å². The molecule has 0 saturated carbocycles. The molecule has 0 N–H and O–H groups in total. The first-order valence-corrected chi connectivity index (χ1v) is 6.48. The molecule has 0 aliphatic rings. The van der Waals surface area contributed by atoms with E-state index < -0.39 is 22.7 Å². The Kier molecular flexibility index (Phi) is 6.40. The van der Waals surface area contributed by atoms with Gasteiger partial charge in [-0.2, -0.15) is 16.9 Å². The van der Waals surface area contributed by atoms with Crippen molar-refractivity contribution in [2.75, 3.05) is 14.1 Å². The van der Waals surface area contributed by atoms with Crippen LogP contribution in [0.3, 0.4) is 0 Å². The fraction of sp³-hybridized carbons (Fsp3) is 0.333. The lowest BCUT2D eigenvalue weighted by molar-refractivity contribution is -0.442. The van der Waals surface area contributed by atoms with Gasteiger partial charge >= 0.3 is 13.0 Å². The van der Waals surface area contributed by atoms with Gasteiger partial charge in [-0.1, -0.05) is 18.2 Å². The highest BCUT2D eigenvalue weighted by molar-refractivity contribution is 7.91. The number of alkyl halides is 2. The van der Waals surface area contributed by atoms with E-state index >= 15 is 0 Å². The molecule has 0 radical (unpaired) electrons. The van der Waals surface area contributed by atoms with Gasteiger partial charge in [-0.25, -0.2) is 0 Å². The first-order valence-electron chi connectivity index (χ1n) is 4.90. The van der Waals surface area contributed by atoms with E-state index in [-0.39, 0.29) is 4.90 Å². The molecule has 1 unspecified atom stereocenters. The molecule has 2 nitrogen and oxygen atoms in total. The van der Waals surface area contributed by atoms with Crippen molar-refractivity contribution in [2.24, 2.45) is 0 Å². The third kappa shape index (κ3) is 5.99. The van der Waals surface area contributed by atoms with E-state index in [1.807, 2.05) is 0 Å². The van der Waals surface area contributed by atoms with Crippen LogP contribution in [0.5, 0.6) is 0 Å². The van der Waals surface area contributed by atoms with E-state index in [9.17, 15) is 30.3 Å². The lowest BCUT2D eigenvalue weighted by Crippen LogP contribution is -2.21. The summed E-state index contributed by atoms with van der Waals surface area (Å²) in [6.07, 6.45) is 0. The molecule has 0 bridgehead atoms. The lowest BCUT2D eigenvalue weighted by atomic mass is 10.3. The van der Waals surface area contributed by atoms with Crippen LogP contribution < -0.4 is 0 Å². The van der Waals surface area contributed by atoms with E-state index in [0.29, 0.717) is 0 Å². The van der Waals surface area contributed by atoms with E-state index in [2.05, 4.69) is 0 Å². The number of halogens is 6. The Hall–Kier alpha value is -1.19. The molecule has 1 atom stereocenters. The summed E-state index contributed by atoms with van der Waals surface area (Å²) in [6.45, 7) is 0. The minimum atomic E-state index is -6.00. The van der Waals surface area contributed by atoms with Crippen molar-refractivity contribution in [3.8, 4) is 0 Å². The number of nitrogens with zero attached hydrogens (tertiary/aromatic N) is 1. The Labute approximate surface area is 107 Å². The van der Waals surface area contributed by atoms with Gasteiger partial charge in [0.25, 0.3) is 0 Å². The van der Waals surface area contributed by atoms with Crippen molar-refractivity contribution >= 4 is 17.0 Å². The summed E-state index contributed by atoms with van der Waals surface area (Å²) < 4.78 is 77.4. The van der Waals surface area contributed by atoms with Crippen LogP contribution in [-0.4, -0.2) is 35.3 Å². The van der Waals surface area contributed by atoms with Gasteiger partial charge in [-0.05, 0) is 12.1 Å². The molecule has 0 amide bonds. The Morgan fingerprint density at radius 3 is 1.68 bits per heavy atom. The molecule has 0 heterocycles. The van der Waals surface area contributed by atoms with Crippen LogP contribution in [0, 0.1) is 0 Å². The standard InChI is InChI=1S/C9H12F2NOS.BF4/c1-12(2)14(13,9(10)11)8-6-4-3-5-7-8;2-1(3,4)5/h3-7,9H,1-2H3;/q+1;-1. The van der Waals surface area contributed by atoms with Crippen molar-refractivity contribution in [1.29, 1.82) is 0 Å². The third-order valence-corrected chi connectivity index (χ3v) is 4.38. The summed E-state index contributed by atoms with van der Waals surface area (Å²) in [4.78, 5) is 0.167. The number of hydrogen-bond donors (Lipinski definition) is 0. The second-order valence-electron chi connectivity index (χ2n) is 3.45. The largest absolute Gasteiger partial charge is 0.673 e. The zero-order valence-corrected chi connectivity index (χ0v) is 10.9. The fourth-order valence-corrected chi connectivity index (χ4v) is 2.58. The van der Waals surface area contributed by atoms with Crippen LogP contribution in [0.15, 0.2) is 35.2 Å². The van der Waals surface area contributed by atoms with Crippen molar-refractivity contribution in [3.63, 3.8) is 0 Å². The van der Waals surface area contributed by atoms with Crippen LogP contribution in [0.2, 0.25) is 0 Å². The maximum absolute atomic E-state index is 12.7. The molecule has 0 aromatic heterocycles. The normalized spacial score (nSPS) is 14.4. The highest BCUT2D eigenvalue weighted by atomic mass is 32.2. The fourth-order valence-electron chi connectivity index (χ4n) is 1.09. The summed E-state index contributed by atoms with van der Waals surface area (Å²) >= 11 is 0. The van der Waals surface area contributed by atoms with Crippen molar-refractivity contribution in [3.05, 3.63) is 30.3 Å². The molecular weight excluding hydrogens is 295 g/mol. The monoisotopic (exact) mass is 307 g/mol. The quantitative estimate of drug-likeness (QED) is 0.466. The highest BCUT2D eigenvalue weighted by Gasteiger charge is 2.31. The molecule has 0 fully saturated rings. The van der Waals surface area contributed by atoms with E-state index in [1.165, 1.54) is 26.2 Å². The van der Waals surface area contributed by atoms with Crippen LogP contribution in [0.25, 0.3) is 0 Å². The summed E-state index contributed by atoms with van der Waals surface area (Å²) in [7, 11) is -6.62. The smallest absolute Gasteiger partial charge is 0.418 e. The molecule has 1 rings (SSSR count). The van der Waals surface area contributed by atoms with Gasteiger partial charge in [0, 0.05) is 0 Å². The maximum atomic E-state index is 12.7. The molecular formula is C9H12BF6NOS. The average molecular weight is 307 g/mol. The van der Waals surface area contributed by atoms with Crippen LogP contribution >= 0.6 is 0 Å². The van der Waals surface area contributed by atoms with E-state index in [0.717, 1.165) is 3.95 Å². The third-order valence-electron chi connectivity index (χ3n) is 1.86. The Morgan fingerprint density at radius 2 is 1.42 bits per heavy atom. The van der Waals surface area contributed by atoms with Crippen molar-refractivity contribution < 1.29 is 34.2 Å². The summed E-state index contributed by atoms with van der Waals surface area (Å²) in [5.41, 5.74) is 0. The van der Waals surface area contributed by atoms with Crippen LogP contribution in [0.4, 0.5) is 26.0 Å². The second kappa shape index (κ2) is 6.83. The maximum Gasteiger partial charge on any atom is 0.673 e. The van der Waals surface area contributed by atoms with Gasteiger partial charge in [0.1, 0.15) is 14.1 Å². The summed E-state index contributed by atoms with van der Waals surface area (Å²) in [6, 6.07) is 7.80. The number of benzene rings is 1. The van der Waals surface area contributed by atoms with Crippen molar-refractivity contribution in [2.45, 2.75) is 10.7 Å². The van der Waals surface area contributed by atoms with Gasteiger partial charge in [-0.15, -0.1) is 0 Å². The lowest BCUT2D eigenvalue weighted by Gasteiger charge is -2.06. The molecule has 0 spiro atoms. The summed E-state index contributed by atoms with van der Waals surface area (Å²) in [5, 5.41) is 0. The molecule has 0 aliphatic carbocycles. The first-order chi connectivity index (χ1) is 8.49. The Balaban J connectivity index is 0.000000555. The topological polar surface area (TPSA) is 20.1 Å². The van der Waals surface area contributed by atoms with Gasteiger partial charge in [0.15, 0.2) is 0 Å². The Morgan fingerprint density at radius 1 is 1.05 bits per heavy atom. The molecule has 110 valence electrons. The SMILES string of the molecule is C[N+](C)=S(=O)(c1ccccc1)C(F)F.F[B-](F)(F)F.